The molecule has 0 spiro atoms. The van der Waals surface area contributed by atoms with Gasteiger partial charge in [0.1, 0.15) is 5.82 Å². The van der Waals surface area contributed by atoms with Crippen LogP contribution in [0.3, 0.4) is 0 Å². The lowest BCUT2D eigenvalue weighted by molar-refractivity contribution is 0.112. The SMILES string of the molecule is O=Cc1ccc(CCCCCF)cc1F. The van der Waals surface area contributed by atoms with Gasteiger partial charge >= 0.3 is 0 Å². The first kappa shape index (κ1) is 11.8. The summed E-state index contributed by atoms with van der Waals surface area (Å²) in [6.07, 6.45) is 3.46. The van der Waals surface area contributed by atoms with Crippen molar-refractivity contribution in [2.45, 2.75) is 25.7 Å². The Morgan fingerprint density at radius 3 is 2.60 bits per heavy atom. The van der Waals surface area contributed by atoms with E-state index in [0.717, 1.165) is 24.8 Å². The van der Waals surface area contributed by atoms with Crippen LogP contribution >= 0.6 is 0 Å². The topological polar surface area (TPSA) is 17.1 Å². The van der Waals surface area contributed by atoms with Gasteiger partial charge in [-0.05, 0) is 37.0 Å². The van der Waals surface area contributed by atoms with Gasteiger partial charge in [0.2, 0.25) is 0 Å². The summed E-state index contributed by atoms with van der Waals surface area (Å²) in [5, 5.41) is 0. The van der Waals surface area contributed by atoms with Crippen molar-refractivity contribution in [1.82, 2.24) is 0 Å². The maximum absolute atomic E-state index is 13.1. The number of carbonyl (C=O) groups excluding carboxylic acids is 1. The Labute approximate surface area is 88.1 Å². The highest BCUT2D eigenvalue weighted by molar-refractivity contribution is 5.75. The molecular formula is C12H14F2O. The molecule has 0 bridgehead atoms. The molecule has 0 atom stereocenters. The lowest BCUT2D eigenvalue weighted by atomic mass is 10.1. The Kier molecular flexibility index (Phi) is 4.95. The van der Waals surface area contributed by atoms with E-state index >= 15 is 0 Å². The fourth-order valence-corrected chi connectivity index (χ4v) is 1.42. The zero-order chi connectivity index (χ0) is 11.1. The van der Waals surface area contributed by atoms with Crippen molar-refractivity contribution < 1.29 is 13.6 Å². The summed E-state index contributed by atoms with van der Waals surface area (Å²) in [6, 6.07) is 4.59. The summed E-state index contributed by atoms with van der Waals surface area (Å²) < 4.78 is 24.9. The first-order valence-corrected chi connectivity index (χ1v) is 5.07. The molecule has 82 valence electrons. The van der Waals surface area contributed by atoms with Crippen LogP contribution in [0.25, 0.3) is 0 Å². The normalized spacial score (nSPS) is 10.3. The third-order valence-corrected chi connectivity index (χ3v) is 2.29. The average molecular weight is 212 g/mol. The Morgan fingerprint density at radius 1 is 1.20 bits per heavy atom. The summed E-state index contributed by atoms with van der Waals surface area (Å²) in [5.41, 5.74) is 0.944. The van der Waals surface area contributed by atoms with Crippen molar-refractivity contribution in [3.8, 4) is 0 Å². The van der Waals surface area contributed by atoms with Crippen LogP contribution in [0.5, 0.6) is 0 Å². The summed E-state index contributed by atoms with van der Waals surface area (Å²) >= 11 is 0. The number of aldehydes is 1. The van der Waals surface area contributed by atoms with Gasteiger partial charge < -0.3 is 0 Å². The maximum atomic E-state index is 13.1. The van der Waals surface area contributed by atoms with Crippen molar-refractivity contribution in [1.29, 1.82) is 0 Å². The fraction of sp³-hybridized carbons (Fsp3) is 0.417. The fourth-order valence-electron chi connectivity index (χ4n) is 1.42. The monoisotopic (exact) mass is 212 g/mol. The average Bonchev–Trinajstić information content (AvgIpc) is 2.25. The Bertz CT molecular complexity index is 323. The number of alkyl halides is 1. The highest BCUT2D eigenvalue weighted by Gasteiger charge is 2.02. The van der Waals surface area contributed by atoms with Crippen molar-refractivity contribution >= 4 is 6.29 Å². The third-order valence-electron chi connectivity index (χ3n) is 2.29. The Morgan fingerprint density at radius 2 is 2.00 bits per heavy atom. The van der Waals surface area contributed by atoms with Gasteiger partial charge in [-0.2, -0.15) is 0 Å². The Hall–Kier alpha value is -1.25. The molecule has 1 rings (SSSR count). The van der Waals surface area contributed by atoms with Gasteiger partial charge in [-0.3, -0.25) is 9.18 Å². The van der Waals surface area contributed by atoms with Gasteiger partial charge in [-0.15, -0.1) is 0 Å². The molecule has 15 heavy (non-hydrogen) atoms. The molecule has 0 radical (unpaired) electrons. The van der Waals surface area contributed by atoms with Crippen molar-refractivity contribution in [3.05, 3.63) is 35.1 Å². The van der Waals surface area contributed by atoms with Gasteiger partial charge in [-0.25, -0.2) is 4.39 Å². The molecule has 0 fully saturated rings. The lowest BCUT2D eigenvalue weighted by Crippen LogP contribution is -1.92. The van der Waals surface area contributed by atoms with Gasteiger partial charge in [0.15, 0.2) is 6.29 Å². The molecule has 0 amide bonds. The van der Waals surface area contributed by atoms with Crippen LogP contribution in [0.1, 0.15) is 35.2 Å². The molecule has 0 aliphatic carbocycles. The van der Waals surface area contributed by atoms with E-state index < -0.39 is 5.82 Å². The van der Waals surface area contributed by atoms with Crippen LogP contribution in [0.4, 0.5) is 8.78 Å². The highest BCUT2D eigenvalue weighted by Crippen LogP contribution is 2.11. The van der Waals surface area contributed by atoms with Crippen molar-refractivity contribution in [3.63, 3.8) is 0 Å². The van der Waals surface area contributed by atoms with Crippen LogP contribution in [-0.4, -0.2) is 13.0 Å². The van der Waals surface area contributed by atoms with Crippen molar-refractivity contribution in [2.75, 3.05) is 6.67 Å². The highest BCUT2D eigenvalue weighted by atomic mass is 19.1. The molecule has 1 aromatic rings. The summed E-state index contributed by atoms with van der Waals surface area (Å²) in [7, 11) is 0. The standard InChI is InChI=1S/C12H14F2O/c13-7-3-1-2-4-10-5-6-11(9-15)12(14)8-10/h5-6,8-9H,1-4,7H2. The van der Waals surface area contributed by atoms with E-state index in [9.17, 15) is 13.6 Å². The number of rotatable bonds is 6. The molecule has 0 N–H and O–H groups in total. The second-order valence-electron chi connectivity index (χ2n) is 3.47. The third kappa shape index (κ3) is 3.78. The molecule has 1 nitrogen and oxygen atoms in total. The zero-order valence-corrected chi connectivity index (χ0v) is 8.51. The van der Waals surface area contributed by atoms with Crippen LogP contribution in [0, 0.1) is 5.82 Å². The van der Waals surface area contributed by atoms with E-state index in [2.05, 4.69) is 0 Å². The van der Waals surface area contributed by atoms with E-state index in [1.54, 1.807) is 6.07 Å². The van der Waals surface area contributed by atoms with Gasteiger partial charge in [0.05, 0.1) is 12.2 Å². The molecule has 0 aliphatic heterocycles. The summed E-state index contributed by atoms with van der Waals surface area (Å²) in [4.78, 5) is 10.4. The largest absolute Gasteiger partial charge is 0.298 e. The molecule has 0 aliphatic rings. The molecular weight excluding hydrogens is 198 g/mol. The predicted octanol–water partition coefficient (Wildman–Crippen LogP) is 3.32. The number of halogens is 2. The Balaban J connectivity index is 2.48. The minimum absolute atomic E-state index is 0.0857. The summed E-state index contributed by atoms with van der Waals surface area (Å²) in [5.74, 6) is -0.479. The van der Waals surface area contributed by atoms with E-state index in [4.69, 9.17) is 0 Å². The van der Waals surface area contributed by atoms with Gasteiger partial charge in [-0.1, -0.05) is 12.5 Å². The zero-order valence-electron chi connectivity index (χ0n) is 8.51. The molecule has 0 saturated carbocycles. The smallest absolute Gasteiger partial charge is 0.152 e. The van der Waals surface area contributed by atoms with Gasteiger partial charge in [0, 0.05) is 0 Å². The molecule has 0 aromatic heterocycles. The second kappa shape index (κ2) is 6.27. The first-order chi connectivity index (χ1) is 7.27. The van der Waals surface area contributed by atoms with Gasteiger partial charge in [0.25, 0.3) is 0 Å². The molecule has 1 aromatic carbocycles. The number of carbonyl (C=O) groups is 1. The van der Waals surface area contributed by atoms with E-state index in [-0.39, 0.29) is 12.2 Å². The lowest BCUT2D eigenvalue weighted by Gasteiger charge is -2.02. The quantitative estimate of drug-likeness (QED) is 0.522. The van der Waals surface area contributed by atoms with E-state index in [1.165, 1.54) is 12.1 Å². The number of aryl methyl sites for hydroxylation is 1. The van der Waals surface area contributed by atoms with E-state index in [1.807, 2.05) is 0 Å². The maximum Gasteiger partial charge on any atom is 0.152 e. The number of hydrogen-bond acceptors (Lipinski definition) is 1. The molecule has 0 unspecified atom stereocenters. The van der Waals surface area contributed by atoms with E-state index in [0.29, 0.717) is 12.7 Å². The van der Waals surface area contributed by atoms with Crippen LogP contribution in [0.15, 0.2) is 18.2 Å². The van der Waals surface area contributed by atoms with Crippen LogP contribution in [-0.2, 0) is 6.42 Å². The second-order valence-corrected chi connectivity index (χ2v) is 3.47. The van der Waals surface area contributed by atoms with Crippen molar-refractivity contribution in [2.24, 2.45) is 0 Å². The molecule has 0 saturated heterocycles. The number of benzene rings is 1. The number of unbranched alkanes of at least 4 members (excludes halogenated alkanes) is 2. The van der Waals surface area contributed by atoms with Crippen LogP contribution < -0.4 is 0 Å². The van der Waals surface area contributed by atoms with Crippen LogP contribution in [0.2, 0.25) is 0 Å². The first-order valence-electron chi connectivity index (χ1n) is 5.07. The number of hydrogen-bond donors (Lipinski definition) is 0. The molecule has 3 heteroatoms. The predicted molar refractivity (Wildman–Crippen MR) is 55.3 cm³/mol. The molecule has 0 heterocycles. The minimum atomic E-state index is -0.479. The summed E-state index contributed by atoms with van der Waals surface area (Å²) in [6.45, 7) is -0.293. The minimum Gasteiger partial charge on any atom is -0.298 e.